The van der Waals surface area contributed by atoms with Crippen molar-refractivity contribution in [2.24, 2.45) is 5.92 Å². The Morgan fingerprint density at radius 2 is 1.91 bits per heavy atom. The lowest BCUT2D eigenvalue weighted by Gasteiger charge is -2.33. The fourth-order valence-electron chi connectivity index (χ4n) is 3.12. The summed E-state index contributed by atoms with van der Waals surface area (Å²) >= 11 is 0. The molecule has 2 aliphatic rings. The predicted octanol–water partition coefficient (Wildman–Crippen LogP) is 0.590. The number of rotatable bonds is 3. The average Bonchev–Trinajstić information content (AvgIpc) is 2.89. The number of carbonyl (C=O) groups is 3. The van der Waals surface area contributed by atoms with Gasteiger partial charge in [0.2, 0.25) is 11.8 Å². The molecule has 0 aromatic heterocycles. The molecule has 0 aliphatic carbocycles. The molecule has 1 N–H and O–H groups in total. The summed E-state index contributed by atoms with van der Waals surface area (Å²) in [6.45, 7) is 5.68. The third-order valence-corrected chi connectivity index (χ3v) is 4.45. The van der Waals surface area contributed by atoms with Crippen molar-refractivity contribution in [2.75, 3.05) is 26.7 Å². The van der Waals surface area contributed by atoms with E-state index in [0.717, 1.165) is 12.8 Å². The van der Waals surface area contributed by atoms with E-state index >= 15 is 0 Å². The van der Waals surface area contributed by atoms with Gasteiger partial charge in [-0.05, 0) is 26.7 Å². The van der Waals surface area contributed by atoms with Gasteiger partial charge in [0.05, 0.1) is 13.0 Å². The molecule has 2 fully saturated rings. The molecule has 3 amide bonds. The van der Waals surface area contributed by atoms with Gasteiger partial charge in [0.25, 0.3) is 0 Å². The summed E-state index contributed by atoms with van der Waals surface area (Å²) < 4.78 is 4.58. The Balaban J connectivity index is 1.83. The highest BCUT2D eigenvalue weighted by molar-refractivity contribution is 5.89. The Kier molecular flexibility index (Phi) is 5.26. The summed E-state index contributed by atoms with van der Waals surface area (Å²) in [6.07, 6.45) is 1.32. The number of carbonyl (C=O) groups excluding carboxylic acids is 3. The molecule has 7 heteroatoms. The molecule has 0 radical (unpaired) electrons. The van der Waals surface area contributed by atoms with Gasteiger partial charge in [0, 0.05) is 38.1 Å². The molecule has 2 aliphatic heterocycles. The fourth-order valence-corrected chi connectivity index (χ4v) is 3.12. The number of hydrogen-bond acceptors (Lipinski definition) is 4. The first-order chi connectivity index (χ1) is 10.4. The molecule has 124 valence electrons. The van der Waals surface area contributed by atoms with E-state index < -0.39 is 6.09 Å². The summed E-state index contributed by atoms with van der Waals surface area (Å²) in [6, 6.07) is 0.189. The number of nitrogens with one attached hydrogen (secondary N) is 1. The van der Waals surface area contributed by atoms with Crippen molar-refractivity contribution in [3.05, 3.63) is 0 Å². The lowest BCUT2D eigenvalue weighted by atomic mass is 10.0. The van der Waals surface area contributed by atoms with Crippen LogP contribution in [0.2, 0.25) is 0 Å². The summed E-state index contributed by atoms with van der Waals surface area (Å²) in [7, 11) is 1.34. The first-order valence-corrected chi connectivity index (χ1v) is 7.85. The molecule has 2 saturated heterocycles. The summed E-state index contributed by atoms with van der Waals surface area (Å²) in [4.78, 5) is 39.2. The van der Waals surface area contributed by atoms with Crippen molar-refractivity contribution in [2.45, 2.75) is 45.2 Å². The molecule has 2 heterocycles. The van der Waals surface area contributed by atoms with Crippen molar-refractivity contribution in [3.8, 4) is 0 Å². The van der Waals surface area contributed by atoms with E-state index in [1.54, 1.807) is 4.90 Å². The smallest absolute Gasteiger partial charge is 0.407 e. The third-order valence-electron chi connectivity index (χ3n) is 4.45. The maximum atomic E-state index is 12.5. The van der Waals surface area contributed by atoms with Gasteiger partial charge < -0.3 is 19.9 Å². The van der Waals surface area contributed by atoms with E-state index in [4.69, 9.17) is 0 Å². The van der Waals surface area contributed by atoms with Gasteiger partial charge in [-0.15, -0.1) is 0 Å². The standard InChI is InChI=1S/C15H25N3O4/c1-10(2)18-9-11(8-13(18)19)14(20)17-6-4-12(5-7-17)16-15(21)22-3/h10-12H,4-9H2,1-3H3,(H,16,21). The maximum absolute atomic E-state index is 12.5. The molecule has 0 aromatic rings. The highest BCUT2D eigenvalue weighted by Gasteiger charge is 2.38. The molecule has 0 saturated carbocycles. The lowest BCUT2D eigenvalue weighted by molar-refractivity contribution is -0.136. The molecule has 1 unspecified atom stereocenters. The summed E-state index contributed by atoms with van der Waals surface area (Å²) in [5.74, 6) is -0.0939. The first kappa shape index (κ1) is 16.6. The Morgan fingerprint density at radius 1 is 1.27 bits per heavy atom. The Morgan fingerprint density at radius 3 is 2.41 bits per heavy atom. The predicted molar refractivity (Wildman–Crippen MR) is 80.1 cm³/mol. The van der Waals surface area contributed by atoms with Crippen LogP contribution in [0.5, 0.6) is 0 Å². The van der Waals surface area contributed by atoms with Crippen molar-refractivity contribution in [1.82, 2.24) is 15.1 Å². The molecule has 0 aromatic carbocycles. The number of methoxy groups -OCH3 is 1. The quantitative estimate of drug-likeness (QED) is 0.827. The Labute approximate surface area is 131 Å². The Bertz CT molecular complexity index is 444. The second-order valence-electron chi connectivity index (χ2n) is 6.28. The third kappa shape index (κ3) is 3.69. The van der Waals surface area contributed by atoms with E-state index in [9.17, 15) is 14.4 Å². The van der Waals surface area contributed by atoms with Crippen LogP contribution in [0.15, 0.2) is 0 Å². The van der Waals surface area contributed by atoms with Gasteiger partial charge in [-0.25, -0.2) is 4.79 Å². The zero-order valence-electron chi connectivity index (χ0n) is 13.5. The summed E-state index contributed by atoms with van der Waals surface area (Å²) in [5.41, 5.74) is 0. The van der Waals surface area contributed by atoms with Crippen LogP contribution in [-0.2, 0) is 14.3 Å². The summed E-state index contributed by atoms with van der Waals surface area (Å²) in [5, 5.41) is 2.77. The second-order valence-corrected chi connectivity index (χ2v) is 6.28. The van der Waals surface area contributed by atoms with Crippen LogP contribution < -0.4 is 5.32 Å². The highest BCUT2D eigenvalue weighted by atomic mass is 16.5. The van der Waals surface area contributed by atoms with Crippen LogP contribution in [0, 0.1) is 5.92 Å². The van der Waals surface area contributed by atoms with E-state index in [2.05, 4.69) is 10.1 Å². The fraction of sp³-hybridized carbons (Fsp3) is 0.800. The SMILES string of the molecule is COC(=O)NC1CCN(C(=O)C2CC(=O)N(C(C)C)C2)CC1. The monoisotopic (exact) mass is 311 g/mol. The zero-order chi connectivity index (χ0) is 16.3. The van der Waals surface area contributed by atoms with Crippen molar-refractivity contribution in [3.63, 3.8) is 0 Å². The number of amides is 3. The topological polar surface area (TPSA) is 79.0 Å². The van der Waals surface area contributed by atoms with E-state index in [1.807, 2.05) is 18.7 Å². The van der Waals surface area contributed by atoms with Crippen LogP contribution in [0.4, 0.5) is 4.79 Å². The zero-order valence-corrected chi connectivity index (χ0v) is 13.5. The molecule has 0 bridgehead atoms. The van der Waals surface area contributed by atoms with Crippen LogP contribution in [0.1, 0.15) is 33.1 Å². The van der Waals surface area contributed by atoms with Crippen molar-refractivity contribution >= 4 is 17.9 Å². The molecule has 22 heavy (non-hydrogen) atoms. The van der Waals surface area contributed by atoms with Gasteiger partial charge in [-0.1, -0.05) is 0 Å². The number of likely N-dealkylation sites (tertiary alicyclic amines) is 2. The number of alkyl carbamates (subject to hydrolysis) is 1. The molecule has 2 rings (SSSR count). The molecule has 7 nitrogen and oxygen atoms in total. The van der Waals surface area contributed by atoms with Gasteiger partial charge in [0.15, 0.2) is 0 Å². The van der Waals surface area contributed by atoms with Crippen molar-refractivity contribution in [1.29, 1.82) is 0 Å². The van der Waals surface area contributed by atoms with E-state index in [0.29, 0.717) is 26.1 Å². The van der Waals surface area contributed by atoms with Gasteiger partial charge >= 0.3 is 6.09 Å². The number of ether oxygens (including phenoxy) is 1. The Hall–Kier alpha value is -1.79. The lowest BCUT2D eigenvalue weighted by Crippen LogP contribution is -2.48. The number of piperidine rings is 1. The van der Waals surface area contributed by atoms with Crippen LogP contribution in [-0.4, -0.2) is 66.5 Å². The molecular weight excluding hydrogens is 286 g/mol. The van der Waals surface area contributed by atoms with Crippen LogP contribution in [0.25, 0.3) is 0 Å². The van der Waals surface area contributed by atoms with E-state index in [-0.39, 0.29) is 29.8 Å². The highest BCUT2D eigenvalue weighted by Crippen LogP contribution is 2.23. The van der Waals surface area contributed by atoms with Crippen LogP contribution in [0.3, 0.4) is 0 Å². The first-order valence-electron chi connectivity index (χ1n) is 7.85. The minimum absolute atomic E-state index is 0.0499. The maximum Gasteiger partial charge on any atom is 0.407 e. The average molecular weight is 311 g/mol. The molecule has 0 spiro atoms. The normalized spacial score (nSPS) is 23.1. The van der Waals surface area contributed by atoms with Gasteiger partial charge in [-0.2, -0.15) is 0 Å². The largest absolute Gasteiger partial charge is 0.453 e. The second kappa shape index (κ2) is 6.98. The van der Waals surface area contributed by atoms with Crippen LogP contribution >= 0.6 is 0 Å². The minimum atomic E-state index is -0.432. The molecule has 1 atom stereocenters. The van der Waals surface area contributed by atoms with E-state index in [1.165, 1.54) is 7.11 Å². The number of nitrogens with zero attached hydrogens (tertiary/aromatic N) is 2. The van der Waals surface area contributed by atoms with Gasteiger partial charge in [-0.3, -0.25) is 9.59 Å². The van der Waals surface area contributed by atoms with Crippen molar-refractivity contribution < 1.29 is 19.1 Å². The van der Waals surface area contributed by atoms with Gasteiger partial charge in [0.1, 0.15) is 0 Å². The number of hydrogen-bond donors (Lipinski definition) is 1. The molecular formula is C15H25N3O4. The minimum Gasteiger partial charge on any atom is -0.453 e.